The molecule has 3 fully saturated rings. The van der Waals surface area contributed by atoms with E-state index < -0.39 is 17.6 Å². The molecule has 7 nitrogen and oxygen atoms in total. The molecule has 23 heavy (non-hydrogen) atoms. The Morgan fingerprint density at radius 2 is 1.96 bits per heavy atom. The first-order valence-electron chi connectivity index (χ1n) is 8.12. The molecule has 4 amide bonds. The number of nitrogens with one attached hydrogen (secondary N) is 2. The van der Waals surface area contributed by atoms with Crippen LogP contribution < -0.4 is 10.6 Å². The van der Waals surface area contributed by atoms with Gasteiger partial charge in [0.05, 0.1) is 0 Å². The highest BCUT2D eigenvalue weighted by molar-refractivity contribution is 6.09. The van der Waals surface area contributed by atoms with Gasteiger partial charge in [-0.25, -0.2) is 9.69 Å². The van der Waals surface area contributed by atoms with Crippen molar-refractivity contribution in [3.63, 3.8) is 0 Å². The van der Waals surface area contributed by atoms with E-state index in [0.29, 0.717) is 25.9 Å². The number of hydrogen-bond donors (Lipinski definition) is 2. The van der Waals surface area contributed by atoms with Crippen molar-refractivity contribution >= 4 is 30.3 Å². The third kappa shape index (κ3) is 3.04. The molecular formula is C15H25ClN4O3. The number of carbonyl (C=O) groups is 3. The van der Waals surface area contributed by atoms with Crippen LogP contribution in [0, 0.1) is 0 Å². The van der Waals surface area contributed by atoms with Gasteiger partial charge in [-0.3, -0.25) is 9.59 Å². The van der Waals surface area contributed by atoms with Gasteiger partial charge < -0.3 is 15.5 Å². The van der Waals surface area contributed by atoms with Crippen LogP contribution in [0.5, 0.6) is 0 Å². The SMILES string of the molecule is CC1CN(C(=O)C(C)N2C(=O)NC3(CCCC3)C2=O)CCN1.Cl. The van der Waals surface area contributed by atoms with E-state index in [1.165, 1.54) is 0 Å². The minimum atomic E-state index is -0.748. The Morgan fingerprint density at radius 1 is 1.30 bits per heavy atom. The highest BCUT2D eigenvalue weighted by Gasteiger charge is 2.54. The number of amides is 4. The second kappa shape index (κ2) is 6.65. The number of imide groups is 1. The Bertz CT molecular complexity index is 507. The summed E-state index contributed by atoms with van der Waals surface area (Å²) >= 11 is 0. The molecule has 1 spiro atoms. The van der Waals surface area contributed by atoms with Crippen LogP contribution in [0.1, 0.15) is 39.5 Å². The lowest BCUT2D eigenvalue weighted by Gasteiger charge is -2.35. The zero-order chi connectivity index (χ0) is 15.9. The van der Waals surface area contributed by atoms with Gasteiger partial charge in [-0.2, -0.15) is 0 Å². The molecule has 0 aromatic rings. The van der Waals surface area contributed by atoms with Crippen molar-refractivity contribution in [2.45, 2.75) is 57.2 Å². The fourth-order valence-corrected chi connectivity index (χ4v) is 3.82. The lowest BCUT2D eigenvalue weighted by Crippen LogP contribution is -2.57. The molecule has 2 unspecified atom stereocenters. The largest absolute Gasteiger partial charge is 0.338 e. The van der Waals surface area contributed by atoms with Crippen molar-refractivity contribution in [1.29, 1.82) is 0 Å². The molecule has 0 aromatic carbocycles. The van der Waals surface area contributed by atoms with Crippen LogP contribution in [0.3, 0.4) is 0 Å². The molecule has 2 atom stereocenters. The maximum Gasteiger partial charge on any atom is 0.325 e. The van der Waals surface area contributed by atoms with Crippen molar-refractivity contribution in [3.05, 3.63) is 0 Å². The number of carbonyl (C=O) groups excluding carboxylic acids is 3. The maximum atomic E-state index is 12.7. The minimum absolute atomic E-state index is 0. The van der Waals surface area contributed by atoms with Gasteiger partial charge in [-0.15, -0.1) is 12.4 Å². The first-order chi connectivity index (χ1) is 10.4. The van der Waals surface area contributed by atoms with Crippen molar-refractivity contribution < 1.29 is 14.4 Å². The Morgan fingerprint density at radius 3 is 2.57 bits per heavy atom. The highest BCUT2D eigenvalue weighted by Crippen LogP contribution is 2.35. The molecule has 1 saturated carbocycles. The maximum absolute atomic E-state index is 12.7. The predicted molar refractivity (Wildman–Crippen MR) is 87.3 cm³/mol. The summed E-state index contributed by atoms with van der Waals surface area (Å²) in [4.78, 5) is 40.5. The minimum Gasteiger partial charge on any atom is -0.338 e. The van der Waals surface area contributed by atoms with Crippen LogP contribution in [0.15, 0.2) is 0 Å². The number of hydrogen-bond acceptors (Lipinski definition) is 4. The summed E-state index contributed by atoms with van der Waals surface area (Å²) in [7, 11) is 0. The molecule has 0 bridgehead atoms. The Kier molecular flexibility index (Phi) is 5.20. The van der Waals surface area contributed by atoms with Gasteiger partial charge in [0.25, 0.3) is 5.91 Å². The number of halogens is 1. The molecular weight excluding hydrogens is 320 g/mol. The summed E-state index contributed by atoms with van der Waals surface area (Å²) in [6, 6.07) is -0.928. The Labute approximate surface area is 142 Å². The van der Waals surface area contributed by atoms with Gasteiger partial charge in [-0.05, 0) is 26.7 Å². The normalized spacial score (nSPS) is 27.8. The molecule has 2 aliphatic heterocycles. The van der Waals surface area contributed by atoms with E-state index in [4.69, 9.17) is 0 Å². The summed E-state index contributed by atoms with van der Waals surface area (Å²) in [6.07, 6.45) is 3.24. The molecule has 2 heterocycles. The van der Waals surface area contributed by atoms with Gasteiger partial charge in [0.2, 0.25) is 5.91 Å². The molecule has 2 N–H and O–H groups in total. The van der Waals surface area contributed by atoms with Crippen molar-refractivity contribution in [2.75, 3.05) is 19.6 Å². The fourth-order valence-electron chi connectivity index (χ4n) is 3.82. The zero-order valence-electron chi connectivity index (χ0n) is 13.6. The first-order valence-corrected chi connectivity index (χ1v) is 8.12. The van der Waals surface area contributed by atoms with E-state index in [1.54, 1.807) is 11.8 Å². The summed E-state index contributed by atoms with van der Waals surface area (Å²) in [6.45, 7) is 5.63. The second-order valence-corrected chi connectivity index (χ2v) is 6.71. The molecule has 1 aliphatic carbocycles. The van der Waals surface area contributed by atoms with Crippen LogP contribution in [0.4, 0.5) is 4.79 Å². The van der Waals surface area contributed by atoms with Crippen molar-refractivity contribution in [3.8, 4) is 0 Å². The average Bonchev–Trinajstić information content (AvgIpc) is 3.04. The summed E-state index contributed by atoms with van der Waals surface area (Å²) in [5.41, 5.74) is -0.748. The number of piperazine rings is 1. The van der Waals surface area contributed by atoms with E-state index in [9.17, 15) is 14.4 Å². The van der Waals surface area contributed by atoms with E-state index in [0.717, 1.165) is 24.3 Å². The van der Waals surface area contributed by atoms with Gasteiger partial charge in [0, 0.05) is 25.7 Å². The van der Waals surface area contributed by atoms with Crippen LogP contribution in [0.2, 0.25) is 0 Å². The molecule has 2 saturated heterocycles. The number of urea groups is 1. The van der Waals surface area contributed by atoms with Gasteiger partial charge in [0.1, 0.15) is 11.6 Å². The smallest absolute Gasteiger partial charge is 0.325 e. The Hall–Kier alpha value is -1.34. The number of rotatable bonds is 2. The van der Waals surface area contributed by atoms with Gasteiger partial charge >= 0.3 is 6.03 Å². The fraction of sp³-hybridized carbons (Fsp3) is 0.800. The lowest BCUT2D eigenvalue weighted by molar-refractivity contribution is -0.143. The lowest BCUT2D eigenvalue weighted by atomic mass is 9.97. The van der Waals surface area contributed by atoms with Crippen LogP contribution >= 0.6 is 12.4 Å². The van der Waals surface area contributed by atoms with Gasteiger partial charge in [0.15, 0.2) is 0 Å². The summed E-state index contributed by atoms with van der Waals surface area (Å²) in [5, 5.41) is 6.11. The standard InChI is InChI=1S/C15H24N4O3.ClH/c1-10-9-18(8-7-16-10)12(20)11(2)19-13(21)15(17-14(19)22)5-3-4-6-15;/h10-11,16H,3-9H2,1-2H3,(H,17,22);1H. The third-order valence-corrected chi connectivity index (χ3v) is 5.08. The molecule has 3 rings (SSSR count). The van der Waals surface area contributed by atoms with E-state index >= 15 is 0 Å². The monoisotopic (exact) mass is 344 g/mol. The number of nitrogens with zero attached hydrogens (tertiary/aromatic N) is 2. The average molecular weight is 345 g/mol. The van der Waals surface area contributed by atoms with E-state index in [1.807, 2.05) is 6.92 Å². The first kappa shape index (κ1) is 18.0. The molecule has 3 aliphatic rings. The molecule has 0 aromatic heterocycles. The summed E-state index contributed by atoms with van der Waals surface area (Å²) < 4.78 is 0. The highest BCUT2D eigenvalue weighted by atomic mass is 35.5. The second-order valence-electron chi connectivity index (χ2n) is 6.71. The van der Waals surface area contributed by atoms with Crippen LogP contribution in [-0.2, 0) is 9.59 Å². The van der Waals surface area contributed by atoms with Crippen LogP contribution in [0.25, 0.3) is 0 Å². The van der Waals surface area contributed by atoms with Crippen molar-refractivity contribution in [1.82, 2.24) is 20.4 Å². The third-order valence-electron chi connectivity index (χ3n) is 5.08. The van der Waals surface area contributed by atoms with Gasteiger partial charge in [-0.1, -0.05) is 12.8 Å². The molecule has 0 radical (unpaired) electrons. The van der Waals surface area contributed by atoms with Crippen LogP contribution in [-0.4, -0.2) is 64.9 Å². The quantitative estimate of drug-likeness (QED) is 0.714. The van der Waals surface area contributed by atoms with Crippen molar-refractivity contribution in [2.24, 2.45) is 0 Å². The topological polar surface area (TPSA) is 81.8 Å². The van der Waals surface area contributed by atoms with E-state index in [-0.39, 0.29) is 30.3 Å². The predicted octanol–water partition coefficient (Wildman–Crippen LogP) is 0.482. The summed E-state index contributed by atoms with van der Waals surface area (Å²) in [5.74, 6) is -0.370. The molecule has 130 valence electrons. The Balaban J connectivity index is 0.00000192. The molecule has 8 heteroatoms. The van der Waals surface area contributed by atoms with E-state index in [2.05, 4.69) is 10.6 Å². The zero-order valence-corrected chi connectivity index (χ0v) is 14.4.